The predicted octanol–water partition coefficient (Wildman–Crippen LogP) is 2.46. The third kappa shape index (κ3) is 6.71. The number of nitrogens with zero attached hydrogens (tertiary/aromatic N) is 1. The summed E-state index contributed by atoms with van der Waals surface area (Å²) < 4.78 is 24.3. The lowest BCUT2D eigenvalue weighted by Gasteiger charge is -2.36. The van der Waals surface area contributed by atoms with Crippen molar-refractivity contribution in [3.8, 4) is 5.75 Å². The van der Waals surface area contributed by atoms with Crippen molar-refractivity contribution >= 4 is 5.69 Å². The summed E-state index contributed by atoms with van der Waals surface area (Å²) in [5.41, 5.74) is 2.11. The van der Waals surface area contributed by atoms with Crippen LogP contribution in [0.2, 0.25) is 0 Å². The number of hydrogen-bond acceptors (Lipinski definition) is 8. The molecule has 4 atom stereocenters. The normalized spacial score (nSPS) is 31.9. The molecule has 1 aromatic rings. The second kappa shape index (κ2) is 12.3. The minimum absolute atomic E-state index is 0.00447. The van der Waals surface area contributed by atoms with Crippen LogP contribution in [0.5, 0.6) is 5.75 Å². The highest BCUT2D eigenvalue weighted by Crippen LogP contribution is 2.27. The highest BCUT2D eigenvalue weighted by Gasteiger charge is 2.34. The molecule has 8 nitrogen and oxygen atoms in total. The summed E-state index contributed by atoms with van der Waals surface area (Å²) in [5, 5.41) is 10.9. The van der Waals surface area contributed by atoms with Gasteiger partial charge in [-0.15, -0.1) is 0 Å². The minimum Gasteiger partial charge on any atom is -0.492 e. The van der Waals surface area contributed by atoms with Crippen LogP contribution in [0, 0.1) is 0 Å². The van der Waals surface area contributed by atoms with Gasteiger partial charge in [0.1, 0.15) is 18.6 Å². The van der Waals surface area contributed by atoms with Gasteiger partial charge in [0.25, 0.3) is 0 Å². The van der Waals surface area contributed by atoms with Gasteiger partial charge in [-0.1, -0.05) is 12.2 Å². The van der Waals surface area contributed by atoms with Crippen molar-refractivity contribution in [2.24, 2.45) is 0 Å². The summed E-state index contributed by atoms with van der Waals surface area (Å²) in [4.78, 5) is 2.47. The highest BCUT2D eigenvalue weighted by atomic mass is 16.5. The molecule has 0 aromatic heterocycles. The lowest BCUT2D eigenvalue weighted by molar-refractivity contribution is -0.0265. The van der Waals surface area contributed by atoms with Crippen molar-refractivity contribution in [2.75, 3.05) is 57.9 Å². The van der Waals surface area contributed by atoms with Gasteiger partial charge in [-0.05, 0) is 69.9 Å². The van der Waals surface area contributed by atoms with Crippen LogP contribution in [-0.4, -0.2) is 82.0 Å². The van der Waals surface area contributed by atoms with Crippen LogP contribution in [-0.2, 0) is 20.8 Å². The van der Waals surface area contributed by atoms with Crippen LogP contribution in [0.25, 0.3) is 0 Å². The Bertz CT molecular complexity index is 801. The number of nitrogens with one attached hydrogen (secondary N) is 3. The molecule has 0 radical (unpaired) electrons. The minimum atomic E-state index is -0.00447. The van der Waals surface area contributed by atoms with Crippen LogP contribution in [0.15, 0.2) is 30.4 Å². The zero-order valence-electron chi connectivity index (χ0n) is 20.2. The molecule has 5 rings (SSSR count). The Morgan fingerprint density at radius 2 is 1.91 bits per heavy atom. The topological polar surface area (TPSA) is 76.2 Å². The number of benzene rings is 1. The Balaban J connectivity index is 1.26. The molecule has 8 heteroatoms. The van der Waals surface area contributed by atoms with Crippen molar-refractivity contribution < 1.29 is 18.9 Å². The average Bonchev–Trinajstić information content (AvgIpc) is 3.54. The first-order chi connectivity index (χ1) is 16.8. The standard InChI is InChI=1S/C26H40N4O4/c1-2-12-30(11-1)13-16-33-24-7-5-21-17-20(24)18-31-14-3-4-15-32-19-22-6-8-25(34-22)23-9-10-27-26(28-21)29-23/h3-5,7,17,22-23,25-29H,1-2,6,8-16,18-19H2/b4-3+. The lowest BCUT2D eigenvalue weighted by atomic mass is 10.0. The van der Waals surface area contributed by atoms with Gasteiger partial charge in [0.05, 0.1) is 38.6 Å². The molecule has 0 aliphatic carbocycles. The Morgan fingerprint density at radius 3 is 2.82 bits per heavy atom. The zero-order valence-corrected chi connectivity index (χ0v) is 20.2. The Hall–Kier alpha value is -1.68. The van der Waals surface area contributed by atoms with Crippen LogP contribution >= 0.6 is 0 Å². The van der Waals surface area contributed by atoms with Gasteiger partial charge in [0.15, 0.2) is 0 Å². The van der Waals surface area contributed by atoms with E-state index >= 15 is 0 Å². The summed E-state index contributed by atoms with van der Waals surface area (Å²) in [7, 11) is 0. The number of rotatable bonds is 4. The van der Waals surface area contributed by atoms with Gasteiger partial charge in [0.2, 0.25) is 0 Å². The van der Waals surface area contributed by atoms with Gasteiger partial charge in [0, 0.05) is 23.8 Å². The van der Waals surface area contributed by atoms with E-state index in [1.54, 1.807) is 0 Å². The van der Waals surface area contributed by atoms with E-state index in [1.807, 2.05) is 12.2 Å². The number of fused-ring (bicyclic) bond motifs is 7. The molecular formula is C26H40N4O4. The summed E-state index contributed by atoms with van der Waals surface area (Å²) in [6, 6.07) is 6.65. The van der Waals surface area contributed by atoms with E-state index in [9.17, 15) is 0 Å². The van der Waals surface area contributed by atoms with Crippen LogP contribution < -0.4 is 20.7 Å². The molecule has 3 N–H and O–H groups in total. The molecule has 34 heavy (non-hydrogen) atoms. The third-order valence-corrected chi connectivity index (χ3v) is 7.17. The van der Waals surface area contributed by atoms with Gasteiger partial charge < -0.3 is 24.3 Å². The highest BCUT2D eigenvalue weighted by molar-refractivity contribution is 5.51. The van der Waals surface area contributed by atoms with Gasteiger partial charge in [-0.25, -0.2) is 0 Å². The number of hydrogen-bond donors (Lipinski definition) is 3. The van der Waals surface area contributed by atoms with Crippen molar-refractivity contribution in [2.45, 2.75) is 63.3 Å². The van der Waals surface area contributed by atoms with Crippen molar-refractivity contribution in [3.63, 3.8) is 0 Å². The fourth-order valence-corrected chi connectivity index (χ4v) is 5.30. The van der Waals surface area contributed by atoms with Crippen molar-refractivity contribution in [1.82, 2.24) is 15.5 Å². The molecule has 0 spiro atoms. The predicted molar refractivity (Wildman–Crippen MR) is 132 cm³/mol. The quantitative estimate of drug-likeness (QED) is 0.577. The number of ether oxygens (including phenoxy) is 4. The molecule has 3 fully saturated rings. The summed E-state index contributed by atoms with van der Waals surface area (Å²) in [6.45, 7) is 7.30. The average molecular weight is 473 g/mol. The molecule has 4 unspecified atom stereocenters. The molecule has 4 heterocycles. The molecule has 1 aromatic carbocycles. The fourth-order valence-electron chi connectivity index (χ4n) is 5.30. The Labute approximate surface area is 203 Å². The van der Waals surface area contributed by atoms with Gasteiger partial charge in [-0.3, -0.25) is 15.5 Å². The first-order valence-electron chi connectivity index (χ1n) is 13.0. The van der Waals surface area contributed by atoms with Gasteiger partial charge >= 0.3 is 0 Å². The van der Waals surface area contributed by atoms with Crippen molar-refractivity contribution in [3.05, 3.63) is 35.9 Å². The third-order valence-electron chi connectivity index (χ3n) is 7.17. The summed E-state index contributed by atoms with van der Waals surface area (Å²) in [6.07, 6.45) is 10.3. The largest absolute Gasteiger partial charge is 0.492 e. The van der Waals surface area contributed by atoms with E-state index in [4.69, 9.17) is 18.9 Å². The maximum absolute atomic E-state index is 6.31. The van der Waals surface area contributed by atoms with E-state index in [2.05, 4.69) is 39.0 Å². The summed E-state index contributed by atoms with van der Waals surface area (Å²) >= 11 is 0. The first-order valence-corrected chi connectivity index (χ1v) is 13.0. The summed E-state index contributed by atoms with van der Waals surface area (Å²) in [5.74, 6) is 0.902. The molecule has 3 saturated heterocycles. The van der Waals surface area contributed by atoms with E-state index in [0.717, 1.165) is 49.4 Å². The molecule has 0 saturated carbocycles. The molecule has 4 aliphatic rings. The number of likely N-dealkylation sites (tertiary alicyclic amines) is 1. The molecule has 188 valence electrons. The second-order valence-electron chi connectivity index (χ2n) is 9.71. The second-order valence-corrected chi connectivity index (χ2v) is 9.71. The Kier molecular flexibility index (Phi) is 8.72. The van der Waals surface area contributed by atoms with E-state index in [0.29, 0.717) is 39.1 Å². The molecule has 4 aliphatic heterocycles. The van der Waals surface area contributed by atoms with Crippen LogP contribution in [0.3, 0.4) is 0 Å². The van der Waals surface area contributed by atoms with E-state index < -0.39 is 0 Å². The fraction of sp³-hybridized carbons (Fsp3) is 0.692. The van der Waals surface area contributed by atoms with Crippen LogP contribution in [0.4, 0.5) is 5.69 Å². The van der Waals surface area contributed by atoms with E-state index in [1.165, 1.54) is 25.9 Å². The van der Waals surface area contributed by atoms with Gasteiger partial charge in [-0.2, -0.15) is 0 Å². The Morgan fingerprint density at radius 1 is 1.03 bits per heavy atom. The zero-order chi connectivity index (χ0) is 23.0. The smallest absolute Gasteiger partial charge is 0.132 e. The SMILES string of the molecule is C1=C/COCC2CCC(O2)C2CCNC(Nc3ccc(OCCN4CCCC4)c(c3)COC/1)N2. The molecule has 0 amide bonds. The van der Waals surface area contributed by atoms with E-state index in [-0.39, 0.29) is 18.5 Å². The maximum atomic E-state index is 6.31. The lowest BCUT2D eigenvalue weighted by Crippen LogP contribution is -2.60. The maximum Gasteiger partial charge on any atom is 0.132 e. The molecule has 6 bridgehead atoms. The first kappa shape index (κ1) is 24.0. The van der Waals surface area contributed by atoms with Crippen LogP contribution in [0.1, 0.15) is 37.7 Å². The van der Waals surface area contributed by atoms with Crippen molar-refractivity contribution in [1.29, 1.82) is 0 Å². The molecular weight excluding hydrogens is 432 g/mol. The number of anilines is 1. The monoisotopic (exact) mass is 472 g/mol.